The standard InChI is InChI=1S/C16H23ClFN3O2/c1-10(2)14(12-6-4-5-7-13(12)17)21-16(23)20-11(3)15(22)19-9-8-18/h4-7,10-11,14H,8-9H2,1-3H3,(H,19,22)(H2,20,21,23). The smallest absolute Gasteiger partial charge is 0.315 e. The van der Waals surface area contributed by atoms with Crippen LogP contribution >= 0.6 is 11.6 Å². The Morgan fingerprint density at radius 3 is 2.39 bits per heavy atom. The lowest BCUT2D eigenvalue weighted by atomic mass is 9.96. The quantitative estimate of drug-likeness (QED) is 0.712. The Morgan fingerprint density at radius 2 is 1.83 bits per heavy atom. The molecule has 23 heavy (non-hydrogen) atoms. The van der Waals surface area contributed by atoms with E-state index in [1.54, 1.807) is 6.07 Å². The number of alkyl halides is 1. The van der Waals surface area contributed by atoms with Crippen LogP contribution in [0.3, 0.4) is 0 Å². The molecule has 0 bridgehead atoms. The first-order valence-corrected chi connectivity index (χ1v) is 7.89. The first-order valence-electron chi connectivity index (χ1n) is 7.52. The van der Waals surface area contributed by atoms with Crippen LogP contribution in [0.25, 0.3) is 0 Å². The summed E-state index contributed by atoms with van der Waals surface area (Å²) in [5.74, 6) is -0.326. The molecule has 1 rings (SSSR count). The van der Waals surface area contributed by atoms with Crippen molar-refractivity contribution >= 4 is 23.5 Å². The van der Waals surface area contributed by atoms with Crippen molar-refractivity contribution in [2.45, 2.75) is 32.9 Å². The van der Waals surface area contributed by atoms with E-state index in [0.717, 1.165) is 5.56 Å². The van der Waals surface area contributed by atoms with Gasteiger partial charge < -0.3 is 16.0 Å². The molecule has 2 atom stereocenters. The lowest BCUT2D eigenvalue weighted by molar-refractivity contribution is -0.122. The van der Waals surface area contributed by atoms with E-state index in [1.165, 1.54) is 6.92 Å². The molecule has 0 fully saturated rings. The molecule has 0 aliphatic carbocycles. The third-order valence-corrected chi connectivity index (χ3v) is 3.67. The number of carbonyl (C=O) groups excluding carboxylic acids is 2. The number of nitrogens with one attached hydrogen (secondary N) is 3. The molecule has 7 heteroatoms. The van der Waals surface area contributed by atoms with Crippen LogP contribution in [0, 0.1) is 5.92 Å². The summed E-state index contributed by atoms with van der Waals surface area (Å²) in [6.07, 6.45) is 0. The van der Waals surface area contributed by atoms with Gasteiger partial charge in [0.05, 0.1) is 6.04 Å². The van der Waals surface area contributed by atoms with Gasteiger partial charge in [-0.25, -0.2) is 9.18 Å². The maximum atomic E-state index is 12.1. The fourth-order valence-corrected chi connectivity index (χ4v) is 2.35. The summed E-state index contributed by atoms with van der Waals surface area (Å²) in [5, 5.41) is 8.31. The minimum atomic E-state index is -0.763. The SMILES string of the molecule is CC(NC(=O)NC(c1ccccc1Cl)C(C)C)C(=O)NCCF. The van der Waals surface area contributed by atoms with Gasteiger partial charge in [-0.05, 0) is 24.5 Å². The molecule has 0 aromatic heterocycles. The highest BCUT2D eigenvalue weighted by Crippen LogP contribution is 2.27. The Balaban J connectivity index is 2.69. The second-order valence-corrected chi connectivity index (χ2v) is 5.97. The summed E-state index contributed by atoms with van der Waals surface area (Å²) in [4.78, 5) is 23.8. The number of hydrogen-bond acceptors (Lipinski definition) is 2. The molecular formula is C16H23ClFN3O2. The Labute approximate surface area is 141 Å². The van der Waals surface area contributed by atoms with Crippen LogP contribution in [-0.4, -0.2) is 31.2 Å². The van der Waals surface area contributed by atoms with Crippen molar-refractivity contribution in [2.24, 2.45) is 5.92 Å². The number of benzene rings is 1. The molecule has 3 N–H and O–H groups in total. The average molecular weight is 344 g/mol. The molecule has 5 nitrogen and oxygen atoms in total. The van der Waals surface area contributed by atoms with E-state index in [0.29, 0.717) is 5.02 Å². The van der Waals surface area contributed by atoms with Gasteiger partial charge in [-0.1, -0.05) is 43.6 Å². The number of carbonyl (C=O) groups is 2. The Hall–Kier alpha value is -1.82. The van der Waals surface area contributed by atoms with Gasteiger partial charge in [-0.2, -0.15) is 0 Å². The van der Waals surface area contributed by atoms with Crippen LogP contribution in [-0.2, 0) is 4.79 Å². The molecule has 0 aliphatic rings. The minimum absolute atomic E-state index is 0.0687. The van der Waals surface area contributed by atoms with Gasteiger partial charge in [0.25, 0.3) is 0 Å². The van der Waals surface area contributed by atoms with Crippen LogP contribution < -0.4 is 16.0 Å². The van der Waals surface area contributed by atoms with Crippen molar-refractivity contribution in [3.63, 3.8) is 0 Å². The summed E-state index contributed by atoms with van der Waals surface area (Å²) in [5.41, 5.74) is 0.814. The van der Waals surface area contributed by atoms with E-state index in [9.17, 15) is 14.0 Å². The first-order chi connectivity index (χ1) is 10.9. The van der Waals surface area contributed by atoms with Crippen LogP contribution in [0.15, 0.2) is 24.3 Å². The molecule has 128 valence electrons. The molecule has 3 amide bonds. The van der Waals surface area contributed by atoms with E-state index >= 15 is 0 Å². The third-order valence-electron chi connectivity index (χ3n) is 3.33. The average Bonchev–Trinajstić information content (AvgIpc) is 2.50. The monoisotopic (exact) mass is 343 g/mol. The van der Waals surface area contributed by atoms with E-state index in [1.807, 2.05) is 32.0 Å². The zero-order chi connectivity index (χ0) is 17.4. The van der Waals surface area contributed by atoms with E-state index in [4.69, 9.17) is 11.6 Å². The van der Waals surface area contributed by atoms with Crippen LogP contribution in [0.2, 0.25) is 5.02 Å². The van der Waals surface area contributed by atoms with E-state index < -0.39 is 24.7 Å². The molecule has 2 unspecified atom stereocenters. The Morgan fingerprint density at radius 1 is 1.17 bits per heavy atom. The first kappa shape index (κ1) is 19.2. The summed E-state index contributed by atoms with van der Waals surface area (Å²) < 4.78 is 12.0. The van der Waals surface area contributed by atoms with Gasteiger partial charge >= 0.3 is 6.03 Å². The predicted molar refractivity (Wildman–Crippen MR) is 89.1 cm³/mol. The molecule has 0 aliphatic heterocycles. The second-order valence-electron chi connectivity index (χ2n) is 5.56. The largest absolute Gasteiger partial charge is 0.352 e. The second kappa shape index (κ2) is 9.35. The third kappa shape index (κ3) is 6.06. The van der Waals surface area contributed by atoms with Crippen molar-refractivity contribution in [2.75, 3.05) is 13.2 Å². The van der Waals surface area contributed by atoms with Crippen LogP contribution in [0.4, 0.5) is 9.18 Å². The Bertz CT molecular complexity index is 540. The molecule has 0 radical (unpaired) electrons. The molecule has 1 aromatic rings. The summed E-state index contributed by atoms with van der Waals surface area (Å²) >= 11 is 6.19. The van der Waals surface area contributed by atoms with Crippen molar-refractivity contribution in [3.05, 3.63) is 34.9 Å². The fraction of sp³-hybridized carbons (Fsp3) is 0.500. The molecule has 1 aromatic carbocycles. The summed E-state index contributed by atoms with van der Waals surface area (Å²) in [6.45, 7) is 4.75. The number of amides is 3. The van der Waals surface area contributed by atoms with Crippen LogP contribution in [0.1, 0.15) is 32.4 Å². The number of urea groups is 1. The van der Waals surface area contributed by atoms with Crippen molar-refractivity contribution in [1.29, 1.82) is 0 Å². The highest BCUT2D eigenvalue weighted by molar-refractivity contribution is 6.31. The highest BCUT2D eigenvalue weighted by Gasteiger charge is 2.22. The van der Waals surface area contributed by atoms with Gasteiger partial charge in [0.1, 0.15) is 12.7 Å². The molecule has 0 heterocycles. The lowest BCUT2D eigenvalue weighted by Crippen LogP contribution is -2.49. The maximum Gasteiger partial charge on any atom is 0.315 e. The molecule has 0 saturated heterocycles. The van der Waals surface area contributed by atoms with Gasteiger partial charge in [0, 0.05) is 11.6 Å². The van der Waals surface area contributed by atoms with Gasteiger partial charge in [0.2, 0.25) is 5.91 Å². The molecule has 0 saturated carbocycles. The van der Waals surface area contributed by atoms with E-state index in [-0.39, 0.29) is 18.5 Å². The topological polar surface area (TPSA) is 70.2 Å². The normalized spacial score (nSPS) is 13.3. The summed E-state index contributed by atoms with van der Waals surface area (Å²) in [6, 6.07) is 5.75. The van der Waals surface area contributed by atoms with Crippen molar-refractivity contribution < 1.29 is 14.0 Å². The Kier molecular flexibility index (Phi) is 7.81. The zero-order valence-electron chi connectivity index (χ0n) is 13.5. The number of halogens is 2. The van der Waals surface area contributed by atoms with E-state index in [2.05, 4.69) is 16.0 Å². The zero-order valence-corrected chi connectivity index (χ0v) is 14.3. The van der Waals surface area contributed by atoms with Crippen molar-refractivity contribution in [3.8, 4) is 0 Å². The number of rotatable bonds is 7. The highest BCUT2D eigenvalue weighted by atomic mass is 35.5. The van der Waals surface area contributed by atoms with Crippen LogP contribution in [0.5, 0.6) is 0 Å². The minimum Gasteiger partial charge on any atom is -0.352 e. The molecular weight excluding hydrogens is 321 g/mol. The lowest BCUT2D eigenvalue weighted by Gasteiger charge is -2.25. The summed E-state index contributed by atoms with van der Waals surface area (Å²) in [7, 11) is 0. The molecule has 0 spiro atoms. The predicted octanol–water partition coefficient (Wildman–Crippen LogP) is 2.81. The van der Waals surface area contributed by atoms with Gasteiger partial charge in [0.15, 0.2) is 0 Å². The van der Waals surface area contributed by atoms with Crippen molar-refractivity contribution in [1.82, 2.24) is 16.0 Å². The van der Waals surface area contributed by atoms with Gasteiger partial charge in [-0.15, -0.1) is 0 Å². The number of hydrogen-bond donors (Lipinski definition) is 3. The van der Waals surface area contributed by atoms with Gasteiger partial charge in [-0.3, -0.25) is 4.79 Å². The fourth-order valence-electron chi connectivity index (χ4n) is 2.10. The maximum absolute atomic E-state index is 12.1.